The maximum Gasteiger partial charge on any atom is 0.321 e. The van der Waals surface area contributed by atoms with Crippen molar-refractivity contribution in [1.29, 1.82) is 0 Å². The van der Waals surface area contributed by atoms with Crippen LogP contribution in [0.2, 0.25) is 5.02 Å². The van der Waals surface area contributed by atoms with E-state index in [1.165, 1.54) is 0 Å². The second-order valence-electron chi connectivity index (χ2n) is 6.26. The molecule has 23 heavy (non-hydrogen) atoms. The molecule has 0 bridgehead atoms. The average Bonchev–Trinajstić information content (AvgIpc) is 2.55. The van der Waals surface area contributed by atoms with Gasteiger partial charge in [0.05, 0.1) is 11.8 Å². The number of piperidine rings is 1. The van der Waals surface area contributed by atoms with Crippen molar-refractivity contribution in [3.8, 4) is 0 Å². The SMILES string of the molecule is CCc1ccc(Cl)c(CC)c1NC(=O)N1CCC(C(C)O)CC1. The van der Waals surface area contributed by atoms with Crippen LogP contribution in [0.4, 0.5) is 10.5 Å². The van der Waals surface area contributed by atoms with Gasteiger partial charge in [-0.1, -0.05) is 31.5 Å². The van der Waals surface area contributed by atoms with Gasteiger partial charge in [0.2, 0.25) is 0 Å². The Hall–Kier alpha value is -1.26. The molecule has 1 aliphatic rings. The first kappa shape index (κ1) is 18.1. The van der Waals surface area contributed by atoms with Crippen LogP contribution in [0, 0.1) is 5.92 Å². The van der Waals surface area contributed by atoms with E-state index < -0.39 is 0 Å². The number of urea groups is 1. The lowest BCUT2D eigenvalue weighted by molar-refractivity contribution is 0.0820. The van der Waals surface area contributed by atoms with Gasteiger partial charge in [0.25, 0.3) is 0 Å². The highest BCUT2D eigenvalue weighted by Crippen LogP contribution is 2.30. The lowest BCUT2D eigenvalue weighted by atomic mass is 9.92. The van der Waals surface area contributed by atoms with Gasteiger partial charge in [0.1, 0.15) is 0 Å². The number of aryl methyl sites for hydroxylation is 1. The van der Waals surface area contributed by atoms with Gasteiger partial charge in [-0.15, -0.1) is 0 Å². The van der Waals surface area contributed by atoms with Crippen molar-refractivity contribution < 1.29 is 9.90 Å². The molecule has 0 spiro atoms. The van der Waals surface area contributed by atoms with Gasteiger partial charge in [-0.25, -0.2) is 4.79 Å². The normalized spacial score (nSPS) is 17.2. The molecule has 2 N–H and O–H groups in total. The Morgan fingerprint density at radius 1 is 1.35 bits per heavy atom. The van der Waals surface area contributed by atoms with Gasteiger partial charge < -0.3 is 15.3 Å². The topological polar surface area (TPSA) is 52.6 Å². The zero-order chi connectivity index (χ0) is 17.0. The number of nitrogens with one attached hydrogen (secondary N) is 1. The number of anilines is 1. The lowest BCUT2D eigenvalue weighted by Crippen LogP contribution is -2.43. The molecule has 1 aromatic rings. The molecule has 1 saturated heterocycles. The number of halogens is 1. The van der Waals surface area contributed by atoms with Crippen LogP contribution in [-0.2, 0) is 12.8 Å². The Bertz CT molecular complexity index is 552. The zero-order valence-electron chi connectivity index (χ0n) is 14.2. The molecule has 0 aliphatic carbocycles. The third kappa shape index (κ3) is 4.18. The lowest BCUT2D eigenvalue weighted by Gasteiger charge is -2.33. The summed E-state index contributed by atoms with van der Waals surface area (Å²) in [6, 6.07) is 3.82. The number of hydrogen-bond acceptors (Lipinski definition) is 2. The van der Waals surface area contributed by atoms with Gasteiger partial charge in [-0.2, -0.15) is 0 Å². The predicted molar refractivity (Wildman–Crippen MR) is 95.2 cm³/mol. The summed E-state index contributed by atoms with van der Waals surface area (Å²) in [5, 5.41) is 13.4. The third-order valence-corrected chi connectivity index (χ3v) is 5.17. The van der Waals surface area contributed by atoms with Gasteiger partial charge in [-0.3, -0.25) is 0 Å². The predicted octanol–water partition coefficient (Wildman–Crippen LogP) is 4.09. The van der Waals surface area contributed by atoms with Crippen molar-refractivity contribution in [2.45, 2.75) is 52.6 Å². The molecule has 0 radical (unpaired) electrons. The summed E-state index contributed by atoms with van der Waals surface area (Å²) in [6.07, 6.45) is 3.03. The molecule has 5 heteroatoms. The highest BCUT2D eigenvalue weighted by atomic mass is 35.5. The van der Waals surface area contributed by atoms with Crippen molar-refractivity contribution in [2.24, 2.45) is 5.92 Å². The number of amides is 2. The second kappa shape index (κ2) is 8.02. The number of carbonyl (C=O) groups is 1. The van der Waals surface area contributed by atoms with E-state index >= 15 is 0 Å². The van der Waals surface area contributed by atoms with E-state index in [1.54, 1.807) is 0 Å². The number of benzene rings is 1. The highest BCUT2D eigenvalue weighted by molar-refractivity contribution is 6.31. The zero-order valence-corrected chi connectivity index (χ0v) is 15.0. The molecule has 1 heterocycles. The molecule has 1 fully saturated rings. The summed E-state index contributed by atoms with van der Waals surface area (Å²) in [7, 11) is 0. The summed E-state index contributed by atoms with van der Waals surface area (Å²) < 4.78 is 0. The molecule has 4 nitrogen and oxygen atoms in total. The molecule has 2 rings (SSSR count). The number of hydrogen-bond donors (Lipinski definition) is 2. The van der Waals surface area contributed by atoms with Crippen molar-refractivity contribution in [2.75, 3.05) is 18.4 Å². The minimum absolute atomic E-state index is 0.0688. The number of aliphatic hydroxyl groups excluding tert-OH is 1. The summed E-state index contributed by atoms with van der Waals surface area (Å²) in [5.41, 5.74) is 2.97. The van der Waals surface area contributed by atoms with E-state index in [1.807, 2.05) is 30.9 Å². The Morgan fingerprint density at radius 3 is 2.52 bits per heavy atom. The molecule has 0 aromatic heterocycles. The molecule has 2 amide bonds. The quantitative estimate of drug-likeness (QED) is 0.868. The van der Waals surface area contributed by atoms with E-state index in [0.717, 1.165) is 42.5 Å². The standard InChI is InChI=1S/C18H27ClN2O2/c1-4-13-6-7-16(19)15(5-2)17(13)20-18(23)21-10-8-14(9-11-21)12(3)22/h6-7,12,14,22H,4-5,8-11H2,1-3H3,(H,20,23). The smallest absolute Gasteiger partial charge is 0.321 e. The second-order valence-corrected chi connectivity index (χ2v) is 6.67. The Balaban J connectivity index is 2.10. The van der Waals surface area contributed by atoms with Crippen LogP contribution < -0.4 is 5.32 Å². The van der Waals surface area contributed by atoms with Crippen LogP contribution in [0.15, 0.2) is 12.1 Å². The van der Waals surface area contributed by atoms with E-state index in [2.05, 4.69) is 12.2 Å². The minimum Gasteiger partial charge on any atom is -0.393 e. The van der Waals surface area contributed by atoms with Gasteiger partial charge >= 0.3 is 6.03 Å². The van der Waals surface area contributed by atoms with Crippen LogP contribution in [0.25, 0.3) is 0 Å². The maximum absolute atomic E-state index is 12.6. The van der Waals surface area contributed by atoms with Crippen LogP contribution in [-0.4, -0.2) is 35.2 Å². The van der Waals surface area contributed by atoms with Crippen LogP contribution >= 0.6 is 11.6 Å². The molecular formula is C18H27ClN2O2. The van der Waals surface area contributed by atoms with E-state index in [9.17, 15) is 9.90 Å². The number of rotatable bonds is 4. The maximum atomic E-state index is 12.6. The molecule has 1 aromatic carbocycles. The summed E-state index contributed by atoms with van der Waals surface area (Å²) >= 11 is 6.29. The largest absolute Gasteiger partial charge is 0.393 e. The van der Waals surface area contributed by atoms with E-state index in [4.69, 9.17) is 11.6 Å². The molecule has 1 atom stereocenters. The van der Waals surface area contributed by atoms with Crippen molar-refractivity contribution in [1.82, 2.24) is 4.90 Å². The van der Waals surface area contributed by atoms with Gasteiger partial charge in [0.15, 0.2) is 0 Å². The minimum atomic E-state index is -0.300. The first-order valence-electron chi connectivity index (χ1n) is 8.52. The molecule has 1 unspecified atom stereocenters. The van der Waals surface area contributed by atoms with Gasteiger partial charge in [0, 0.05) is 18.1 Å². The summed E-state index contributed by atoms with van der Waals surface area (Å²) in [6.45, 7) is 7.32. The Morgan fingerprint density at radius 2 is 2.00 bits per heavy atom. The summed E-state index contributed by atoms with van der Waals surface area (Å²) in [5.74, 6) is 0.294. The van der Waals surface area contributed by atoms with Gasteiger partial charge in [-0.05, 0) is 55.7 Å². The Labute approximate surface area is 143 Å². The van der Waals surface area contributed by atoms with Crippen molar-refractivity contribution >= 4 is 23.3 Å². The first-order chi connectivity index (χ1) is 11.0. The first-order valence-corrected chi connectivity index (χ1v) is 8.89. The number of aliphatic hydroxyl groups is 1. The number of carbonyl (C=O) groups excluding carboxylic acids is 1. The fourth-order valence-electron chi connectivity index (χ4n) is 3.24. The number of nitrogens with zero attached hydrogens (tertiary/aromatic N) is 1. The molecule has 1 aliphatic heterocycles. The van der Waals surface area contributed by atoms with Crippen LogP contribution in [0.3, 0.4) is 0 Å². The molecule has 128 valence electrons. The monoisotopic (exact) mass is 338 g/mol. The fourth-order valence-corrected chi connectivity index (χ4v) is 3.53. The average molecular weight is 339 g/mol. The highest BCUT2D eigenvalue weighted by Gasteiger charge is 2.26. The molecular weight excluding hydrogens is 312 g/mol. The van der Waals surface area contributed by atoms with Crippen molar-refractivity contribution in [3.05, 3.63) is 28.3 Å². The number of likely N-dealkylation sites (tertiary alicyclic amines) is 1. The van der Waals surface area contributed by atoms with E-state index in [-0.39, 0.29) is 12.1 Å². The van der Waals surface area contributed by atoms with Crippen LogP contribution in [0.1, 0.15) is 44.7 Å². The fraction of sp³-hybridized carbons (Fsp3) is 0.611. The van der Waals surface area contributed by atoms with Crippen LogP contribution in [0.5, 0.6) is 0 Å². The third-order valence-electron chi connectivity index (χ3n) is 4.82. The summed E-state index contributed by atoms with van der Waals surface area (Å²) in [4.78, 5) is 14.4. The van der Waals surface area contributed by atoms with E-state index in [0.29, 0.717) is 24.0 Å². The Kier molecular flexibility index (Phi) is 6.31. The molecule has 0 saturated carbocycles. The van der Waals surface area contributed by atoms with Crippen molar-refractivity contribution in [3.63, 3.8) is 0 Å².